The number of hydrogen-bond donors (Lipinski definition) is 1. The lowest BCUT2D eigenvalue weighted by molar-refractivity contribution is -0.133. The van der Waals surface area contributed by atoms with Crippen LogP contribution in [-0.4, -0.2) is 53.5 Å². The predicted molar refractivity (Wildman–Crippen MR) is 96.9 cm³/mol. The Morgan fingerprint density at radius 1 is 1.32 bits per heavy atom. The van der Waals surface area contributed by atoms with Gasteiger partial charge in [-0.15, -0.1) is 0 Å². The number of carbonyl (C=O) groups excluding carboxylic acids is 2. The highest BCUT2D eigenvalue weighted by Crippen LogP contribution is 2.20. The van der Waals surface area contributed by atoms with Crippen LogP contribution in [0.25, 0.3) is 0 Å². The largest absolute Gasteiger partial charge is 0.445 e. The van der Waals surface area contributed by atoms with Gasteiger partial charge in [0.2, 0.25) is 5.91 Å². The second-order valence-corrected chi connectivity index (χ2v) is 6.55. The van der Waals surface area contributed by atoms with Gasteiger partial charge in [0.05, 0.1) is 12.1 Å². The zero-order chi connectivity index (χ0) is 18.2. The maximum atomic E-state index is 12.5. The summed E-state index contributed by atoms with van der Waals surface area (Å²) >= 11 is 0. The zero-order valence-corrected chi connectivity index (χ0v) is 15.2. The molecule has 6 heteroatoms. The summed E-state index contributed by atoms with van der Waals surface area (Å²) in [6, 6.07) is 9.10. The van der Waals surface area contributed by atoms with Crippen LogP contribution in [0.3, 0.4) is 0 Å². The smallest absolute Gasteiger partial charge is 0.410 e. The number of likely N-dealkylation sites (N-methyl/N-ethyl adjacent to an activating group) is 1. The Hall–Kier alpha value is -2.08. The molecule has 138 valence electrons. The van der Waals surface area contributed by atoms with Gasteiger partial charge in [0.1, 0.15) is 6.61 Å². The van der Waals surface area contributed by atoms with E-state index in [1.54, 1.807) is 16.7 Å². The molecule has 1 saturated heterocycles. The summed E-state index contributed by atoms with van der Waals surface area (Å²) in [7, 11) is 0. The standard InChI is InChI=1S/C19H29N3O3/c1-3-21(18(23)15(2)20)13-17-11-7-8-12-22(17)19(24)25-14-16-9-5-4-6-10-16/h4-6,9-10,15,17H,3,7-8,11-14,20H2,1-2H3/t15-,17?/m0/s1. The quantitative estimate of drug-likeness (QED) is 0.857. The van der Waals surface area contributed by atoms with Gasteiger partial charge in [-0.1, -0.05) is 30.3 Å². The Balaban J connectivity index is 1.96. The van der Waals surface area contributed by atoms with Crippen LogP contribution in [0.1, 0.15) is 38.7 Å². The van der Waals surface area contributed by atoms with Crippen LogP contribution in [0.2, 0.25) is 0 Å². The first-order valence-corrected chi connectivity index (χ1v) is 9.04. The molecule has 0 spiro atoms. The minimum absolute atomic E-state index is 0.0142. The van der Waals surface area contributed by atoms with Gasteiger partial charge >= 0.3 is 6.09 Å². The van der Waals surface area contributed by atoms with Crippen LogP contribution in [0, 0.1) is 0 Å². The van der Waals surface area contributed by atoms with Crippen molar-refractivity contribution in [3.8, 4) is 0 Å². The molecule has 6 nitrogen and oxygen atoms in total. The number of rotatable bonds is 6. The summed E-state index contributed by atoms with van der Waals surface area (Å²) in [6.07, 6.45) is 2.59. The van der Waals surface area contributed by atoms with E-state index in [1.165, 1.54) is 0 Å². The molecule has 2 amide bonds. The lowest BCUT2D eigenvalue weighted by atomic mass is 10.0. The van der Waals surface area contributed by atoms with E-state index in [2.05, 4.69) is 0 Å². The molecule has 0 saturated carbocycles. The second-order valence-electron chi connectivity index (χ2n) is 6.55. The molecule has 0 radical (unpaired) electrons. The van der Waals surface area contributed by atoms with Crippen molar-refractivity contribution in [3.05, 3.63) is 35.9 Å². The van der Waals surface area contributed by atoms with Gasteiger partial charge in [-0.3, -0.25) is 4.79 Å². The van der Waals surface area contributed by atoms with Crippen molar-refractivity contribution in [3.63, 3.8) is 0 Å². The summed E-state index contributed by atoms with van der Waals surface area (Å²) in [5.41, 5.74) is 6.69. The van der Waals surface area contributed by atoms with Gasteiger partial charge in [-0.2, -0.15) is 0 Å². The average molecular weight is 347 g/mol. The molecule has 25 heavy (non-hydrogen) atoms. The number of ether oxygens (including phenoxy) is 1. The number of likely N-dealkylation sites (tertiary alicyclic amines) is 1. The maximum absolute atomic E-state index is 12.5. The van der Waals surface area contributed by atoms with Gasteiger partial charge in [0.15, 0.2) is 0 Å². The Kier molecular flexibility index (Phi) is 7.25. The molecule has 1 aliphatic heterocycles. The van der Waals surface area contributed by atoms with E-state index < -0.39 is 6.04 Å². The molecular weight excluding hydrogens is 318 g/mol. The van der Waals surface area contributed by atoms with Crippen molar-refractivity contribution in [2.24, 2.45) is 5.73 Å². The van der Waals surface area contributed by atoms with Gasteiger partial charge in [-0.25, -0.2) is 4.79 Å². The molecule has 1 aromatic rings. The number of hydrogen-bond acceptors (Lipinski definition) is 4. The van der Waals surface area contributed by atoms with Gasteiger partial charge in [0.25, 0.3) is 0 Å². The molecule has 1 aliphatic rings. The molecule has 1 unspecified atom stereocenters. The van der Waals surface area contributed by atoms with E-state index in [0.717, 1.165) is 24.8 Å². The second kappa shape index (κ2) is 9.42. The topological polar surface area (TPSA) is 75.9 Å². The fourth-order valence-corrected chi connectivity index (χ4v) is 3.15. The summed E-state index contributed by atoms with van der Waals surface area (Å²) in [5.74, 6) is -0.0781. The minimum Gasteiger partial charge on any atom is -0.445 e. The van der Waals surface area contributed by atoms with Crippen LogP contribution >= 0.6 is 0 Å². The normalized spacial score (nSPS) is 18.5. The van der Waals surface area contributed by atoms with Gasteiger partial charge in [-0.05, 0) is 38.7 Å². The van der Waals surface area contributed by atoms with Crippen LogP contribution in [0.4, 0.5) is 4.79 Å². The van der Waals surface area contributed by atoms with Crippen molar-refractivity contribution in [2.45, 2.75) is 51.8 Å². The molecule has 1 aromatic carbocycles. The SMILES string of the molecule is CCN(CC1CCCCN1C(=O)OCc1ccccc1)C(=O)[C@H](C)N. The third kappa shape index (κ3) is 5.46. The van der Waals surface area contributed by atoms with Crippen LogP contribution in [0.15, 0.2) is 30.3 Å². The lowest BCUT2D eigenvalue weighted by Crippen LogP contribution is -2.52. The number of benzene rings is 1. The highest BCUT2D eigenvalue weighted by Gasteiger charge is 2.30. The summed E-state index contributed by atoms with van der Waals surface area (Å²) < 4.78 is 5.48. The lowest BCUT2D eigenvalue weighted by Gasteiger charge is -2.38. The van der Waals surface area contributed by atoms with Crippen LogP contribution in [-0.2, 0) is 16.1 Å². The highest BCUT2D eigenvalue weighted by molar-refractivity contribution is 5.81. The van der Waals surface area contributed by atoms with Crippen molar-refractivity contribution in [1.29, 1.82) is 0 Å². The van der Waals surface area contributed by atoms with E-state index in [0.29, 0.717) is 19.6 Å². The van der Waals surface area contributed by atoms with E-state index >= 15 is 0 Å². The molecule has 1 fully saturated rings. The fraction of sp³-hybridized carbons (Fsp3) is 0.579. The van der Waals surface area contributed by atoms with Crippen molar-refractivity contribution in [1.82, 2.24) is 9.80 Å². The van der Waals surface area contributed by atoms with Gasteiger partial charge in [0, 0.05) is 19.6 Å². The first-order chi connectivity index (χ1) is 12.0. The number of nitrogens with zero attached hydrogens (tertiary/aromatic N) is 2. The number of piperidine rings is 1. The molecule has 0 bridgehead atoms. The third-order valence-electron chi connectivity index (χ3n) is 4.58. The van der Waals surface area contributed by atoms with E-state index in [1.807, 2.05) is 37.3 Å². The molecule has 2 atom stereocenters. The highest BCUT2D eigenvalue weighted by atomic mass is 16.6. The summed E-state index contributed by atoms with van der Waals surface area (Å²) in [4.78, 5) is 28.2. The Bertz CT molecular complexity index is 562. The van der Waals surface area contributed by atoms with Gasteiger partial charge < -0.3 is 20.3 Å². The van der Waals surface area contributed by atoms with E-state index in [9.17, 15) is 9.59 Å². The molecule has 2 N–H and O–H groups in total. The maximum Gasteiger partial charge on any atom is 0.410 e. The third-order valence-corrected chi connectivity index (χ3v) is 4.58. The van der Waals surface area contributed by atoms with Crippen LogP contribution in [0.5, 0.6) is 0 Å². The molecule has 2 rings (SSSR count). The van der Waals surface area contributed by atoms with Crippen molar-refractivity contribution >= 4 is 12.0 Å². The first kappa shape index (κ1) is 19.2. The van der Waals surface area contributed by atoms with E-state index in [-0.39, 0.29) is 24.6 Å². The number of carbonyl (C=O) groups is 2. The average Bonchev–Trinajstić information content (AvgIpc) is 2.64. The number of nitrogens with two attached hydrogens (primary N) is 1. The zero-order valence-electron chi connectivity index (χ0n) is 15.2. The Morgan fingerprint density at radius 3 is 2.68 bits per heavy atom. The van der Waals surface area contributed by atoms with Crippen molar-refractivity contribution in [2.75, 3.05) is 19.6 Å². The minimum atomic E-state index is -0.526. The Labute approximate surface area is 149 Å². The van der Waals surface area contributed by atoms with Crippen LogP contribution < -0.4 is 5.73 Å². The monoisotopic (exact) mass is 347 g/mol. The first-order valence-electron chi connectivity index (χ1n) is 9.04. The molecule has 0 aromatic heterocycles. The molecular formula is C19H29N3O3. The summed E-state index contributed by atoms with van der Waals surface area (Å²) in [5, 5.41) is 0. The van der Waals surface area contributed by atoms with E-state index in [4.69, 9.17) is 10.5 Å². The molecule has 0 aliphatic carbocycles. The Morgan fingerprint density at radius 2 is 2.04 bits per heavy atom. The predicted octanol–water partition coefficient (Wildman–Crippen LogP) is 2.37. The van der Waals surface area contributed by atoms with Crippen molar-refractivity contribution < 1.29 is 14.3 Å². The molecule has 1 heterocycles. The summed E-state index contributed by atoms with van der Waals surface area (Å²) in [6.45, 7) is 5.65. The number of amides is 2. The fourth-order valence-electron chi connectivity index (χ4n) is 3.15.